The zero-order valence-corrected chi connectivity index (χ0v) is 22.5. The van der Waals surface area contributed by atoms with Gasteiger partial charge in [0.1, 0.15) is 11.8 Å². The molecule has 190 valence electrons. The van der Waals surface area contributed by atoms with Crippen LogP contribution >= 0.6 is 23.4 Å². The molecule has 1 N–H and O–H groups in total. The van der Waals surface area contributed by atoms with Gasteiger partial charge in [-0.3, -0.25) is 9.59 Å². The second-order valence-corrected chi connectivity index (χ2v) is 10.3. The molecule has 3 aromatic carbocycles. The molecule has 0 fully saturated rings. The Hall–Kier alpha value is -2.96. The van der Waals surface area contributed by atoms with Gasteiger partial charge in [-0.25, -0.2) is 0 Å². The van der Waals surface area contributed by atoms with E-state index in [-0.39, 0.29) is 23.6 Å². The third-order valence-electron chi connectivity index (χ3n) is 5.57. The van der Waals surface area contributed by atoms with Gasteiger partial charge in [-0.2, -0.15) is 0 Å². The van der Waals surface area contributed by atoms with Crippen LogP contribution in [0.3, 0.4) is 0 Å². The molecule has 0 spiro atoms. The van der Waals surface area contributed by atoms with Crippen LogP contribution in [-0.4, -0.2) is 41.7 Å². The van der Waals surface area contributed by atoms with Crippen LogP contribution in [0.15, 0.2) is 78.9 Å². The molecular formula is C29H33ClN2O3S. The van der Waals surface area contributed by atoms with Crippen LogP contribution in [0, 0.1) is 0 Å². The van der Waals surface area contributed by atoms with Gasteiger partial charge in [0.15, 0.2) is 0 Å². The van der Waals surface area contributed by atoms with E-state index in [1.54, 1.807) is 12.0 Å². The van der Waals surface area contributed by atoms with Crippen molar-refractivity contribution in [1.82, 2.24) is 10.2 Å². The summed E-state index contributed by atoms with van der Waals surface area (Å²) in [6.45, 7) is 4.15. The van der Waals surface area contributed by atoms with Crippen LogP contribution in [0.4, 0.5) is 0 Å². The number of thioether (sulfide) groups is 1. The standard InChI is InChI=1S/C29H33ClN2O3S/c1-21(2)31-29(34)27(17-22-9-5-4-6-10-22)32(18-23-11-8-14-26(16-23)35-3)28(33)20-36-19-24-12-7-13-25(30)15-24/h4-16,21,27H,17-20H2,1-3H3,(H,31,34)/t27-/m1/s1. The summed E-state index contributed by atoms with van der Waals surface area (Å²) < 4.78 is 5.38. The number of nitrogens with one attached hydrogen (secondary N) is 1. The summed E-state index contributed by atoms with van der Waals surface area (Å²) in [6, 6.07) is 24.3. The molecule has 36 heavy (non-hydrogen) atoms. The number of nitrogens with zero attached hydrogens (tertiary/aromatic N) is 1. The van der Waals surface area contributed by atoms with E-state index in [9.17, 15) is 9.59 Å². The Morgan fingerprint density at radius 1 is 0.944 bits per heavy atom. The van der Waals surface area contributed by atoms with E-state index in [1.807, 2.05) is 92.7 Å². The van der Waals surface area contributed by atoms with Gasteiger partial charge in [-0.05, 0) is 54.8 Å². The second-order valence-electron chi connectivity index (χ2n) is 8.86. The monoisotopic (exact) mass is 524 g/mol. The molecule has 5 nitrogen and oxygen atoms in total. The maximum absolute atomic E-state index is 13.6. The Morgan fingerprint density at radius 3 is 2.33 bits per heavy atom. The lowest BCUT2D eigenvalue weighted by molar-refractivity contribution is -0.139. The van der Waals surface area contributed by atoms with Gasteiger partial charge in [-0.15, -0.1) is 11.8 Å². The van der Waals surface area contributed by atoms with Crippen molar-refractivity contribution in [1.29, 1.82) is 0 Å². The van der Waals surface area contributed by atoms with E-state index in [4.69, 9.17) is 16.3 Å². The van der Waals surface area contributed by atoms with Crippen molar-refractivity contribution in [3.63, 3.8) is 0 Å². The average Bonchev–Trinajstić information content (AvgIpc) is 2.86. The smallest absolute Gasteiger partial charge is 0.243 e. The molecule has 0 aliphatic rings. The Balaban J connectivity index is 1.86. The van der Waals surface area contributed by atoms with Crippen LogP contribution in [0.2, 0.25) is 5.02 Å². The molecule has 2 amide bonds. The van der Waals surface area contributed by atoms with Gasteiger partial charge in [0.05, 0.1) is 12.9 Å². The molecule has 0 saturated carbocycles. The topological polar surface area (TPSA) is 58.6 Å². The fourth-order valence-electron chi connectivity index (χ4n) is 3.87. The molecule has 1 atom stereocenters. The fourth-order valence-corrected chi connectivity index (χ4v) is 4.94. The summed E-state index contributed by atoms with van der Waals surface area (Å²) in [7, 11) is 1.61. The molecule has 0 aliphatic heterocycles. The van der Waals surface area contributed by atoms with Crippen LogP contribution in [-0.2, 0) is 28.3 Å². The largest absolute Gasteiger partial charge is 0.497 e. The highest BCUT2D eigenvalue weighted by Crippen LogP contribution is 2.21. The number of ether oxygens (including phenoxy) is 1. The summed E-state index contributed by atoms with van der Waals surface area (Å²) in [4.78, 5) is 28.7. The van der Waals surface area contributed by atoms with Crippen molar-refractivity contribution in [2.75, 3.05) is 12.9 Å². The fraction of sp³-hybridized carbons (Fsp3) is 0.310. The first kappa shape index (κ1) is 27.6. The van der Waals surface area contributed by atoms with E-state index in [0.717, 1.165) is 16.7 Å². The molecule has 3 aromatic rings. The molecule has 7 heteroatoms. The predicted octanol–water partition coefficient (Wildman–Crippen LogP) is 5.75. The number of hydrogen-bond acceptors (Lipinski definition) is 4. The minimum atomic E-state index is -0.653. The summed E-state index contributed by atoms with van der Waals surface area (Å²) >= 11 is 7.62. The quantitative estimate of drug-likeness (QED) is 0.328. The number of halogens is 1. The summed E-state index contributed by atoms with van der Waals surface area (Å²) in [6.07, 6.45) is 0.425. The summed E-state index contributed by atoms with van der Waals surface area (Å²) in [5.41, 5.74) is 2.95. The third kappa shape index (κ3) is 8.61. The van der Waals surface area contributed by atoms with E-state index >= 15 is 0 Å². The third-order valence-corrected chi connectivity index (χ3v) is 6.80. The maximum Gasteiger partial charge on any atom is 0.243 e. The molecule has 0 saturated heterocycles. The van der Waals surface area contributed by atoms with Gasteiger partial charge in [0.2, 0.25) is 11.8 Å². The highest BCUT2D eigenvalue weighted by atomic mass is 35.5. The molecule has 0 heterocycles. The van der Waals surface area contributed by atoms with Crippen molar-refractivity contribution < 1.29 is 14.3 Å². The number of carbonyl (C=O) groups excluding carboxylic acids is 2. The number of hydrogen-bond donors (Lipinski definition) is 1. The lowest BCUT2D eigenvalue weighted by atomic mass is 10.0. The van der Waals surface area contributed by atoms with E-state index < -0.39 is 6.04 Å². The first-order valence-corrected chi connectivity index (χ1v) is 13.5. The second kappa shape index (κ2) is 14.0. The maximum atomic E-state index is 13.6. The van der Waals surface area contributed by atoms with Crippen LogP contribution < -0.4 is 10.1 Å². The molecule has 0 bridgehead atoms. The number of methoxy groups -OCH3 is 1. The first-order chi connectivity index (χ1) is 17.4. The van der Waals surface area contributed by atoms with Crippen LogP contribution in [0.5, 0.6) is 5.75 Å². The lowest BCUT2D eigenvalue weighted by Gasteiger charge is -2.32. The Bertz CT molecular complexity index is 1140. The Kier molecular flexibility index (Phi) is 10.7. The Labute approximate surface area is 223 Å². The highest BCUT2D eigenvalue weighted by molar-refractivity contribution is 7.99. The van der Waals surface area contributed by atoms with Gasteiger partial charge < -0.3 is 15.0 Å². The number of carbonyl (C=O) groups is 2. The van der Waals surface area contributed by atoms with Crippen molar-refractivity contribution in [2.45, 2.75) is 44.6 Å². The van der Waals surface area contributed by atoms with Gasteiger partial charge in [-0.1, -0.05) is 66.2 Å². The molecule has 0 unspecified atom stereocenters. The summed E-state index contributed by atoms with van der Waals surface area (Å²) in [5, 5.41) is 3.69. The van der Waals surface area contributed by atoms with Gasteiger partial charge >= 0.3 is 0 Å². The normalized spacial score (nSPS) is 11.7. The zero-order chi connectivity index (χ0) is 25.9. The minimum Gasteiger partial charge on any atom is -0.497 e. The van der Waals surface area contributed by atoms with Crippen molar-refractivity contribution in [3.8, 4) is 5.75 Å². The average molecular weight is 525 g/mol. The van der Waals surface area contributed by atoms with E-state index in [1.165, 1.54) is 11.8 Å². The first-order valence-electron chi connectivity index (χ1n) is 11.9. The van der Waals surface area contributed by atoms with Crippen LogP contribution in [0.25, 0.3) is 0 Å². The number of rotatable bonds is 12. The molecular weight excluding hydrogens is 492 g/mol. The zero-order valence-electron chi connectivity index (χ0n) is 20.9. The van der Waals surface area contributed by atoms with Crippen molar-refractivity contribution in [2.24, 2.45) is 0 Å². The van der Waals surface area contributed by atoms with E-state index in [0.29, 0.717) is 29.5 Å². The lowest BCUT2D eigenvalue weighted by Crippen LogP contribution is -2.52. The van der Waals surface area contributed by atoms with Crippen LogP contribution in [0.1, 0.15) is 30.5 Å². The minimum absolute atomic E-state index is 0.0400. The van der Waals surface area contributed by atoms with E-state index in [2.05, 4.69) is 5.32 Å². The molecule has 3 rings (SSSR count). The van der Waals surface area contributed by atoms with Gasteiger partial charge in [0, 0.05) is 29.8 Å². The number of benzene rings is 3. The van der Waals surface area contributed by atoms with Crippen molar-refractivity contribution >= 4 is 35.2 Å². The van der Waals surface area contributed by atoms with Gasteiger partial charge in [0.25, 0.3) is 0 Å². The van der Waals surface area contributed by atoms with Crippen molar-refractivity contribution in [3.05, 3.63) is 101 Å². The highest BCUT2D eigenvalue weighted by Gasteiger charge is 2.30. The SMILES string of the molecule is COc1cccc(CN(C(=O)CSCc2cccc(Cl)c2)[C@H](Cc2ccccc2)C(=O)NC(C)C)c1. The molecule has 0 radical (unpaired) electrons. The number of amides is 2. The summed E-state index contributed by atoms with van der Waals surface area (Å²) in [5.74, 6) is 1.36. The predicted molar refractivity (Wildman–Crippen MR) is 148 cm³/mol. The molecule has 0 aliphatic carbocycles. The molecule has 0 aromatic heterocycles. The Morgan fingerprint density at radius 2 is 1.64 bits per heavy atom.